The minimum absolute atomic E-state index is 0.370. The van der Waals surface area contributed by atoms with E-state index in [-0.39, 0.29) is 0 Å². The fourth-order valence-corrected chi connectivity index (χ4v) is 1.28. The third kappa shape index (κ3) is 2.73. The van der Waals surface area contributed by atoms with Crippen molar-refractivity contribution in [1.29, 1.82) is 0 Å². The van der Waals surface area contributed by atoms with Crippen LogP contribution in [0.3, 0.4) is 0 Å². The number of esters is 1. The number of allylic oxidation sites excluding steroid dienone is 1. The summed E-state index contributed by atoms with van der Waals surface area (Å²) < 4.78 is 4.61. The van der Waals surface area contributed by atoms with Crippen molar-refractivity contribution in [2.45, 2.75) is 0 Å². The topological polar surface area (TPSA) is 52.3 Å². The molecule has 4 heteroatoms. The number of ether oxygens (including phenoxy) is 1. The molecule has 0 amide bonds. The second-order valence-electron chi connectivity index (χ2n) is 2.86. The van der Waals surface area contributed by atoms with Gasteiger partial charge in [0, 0.05) is 5.88 Å². The number of para-hydroxylation sites is 1. The highest BCUT2D eigenvalue weighted by molar-refractivity contribution is 6.19. The number of carbonyl (C=O) groups excluding carboxylic acids is 1. The lowest BCUT2D eigenvalue weighted by Crippen LogP contribution is -2.06. The second kappa shape index (κ2) is 5.41. The van der Waals surface area contributed by atoms with Gasteiger partial charge in [-0.2, -0.15) is 0 Å². The number of anilines is 1. The molecule has 0 saturated carbocycles. The Morgan fingerprint density at radius 1 is 1.60 bits per heavy atom. The fraction of sp³-hybridized carbons (Fsp3) is 0.182. The number of benzene rings is 1. The Kier molecular flexibility index (Phi) is 4.18. The molecule has 0 unspecified atom stereocenters. The molecule has 1 aromatic rings. The Morgan fingerprint density at radius 2 is 2.33 bits per heavy atom. The minimum Gasteiger partial charge on any atom is -0.465 e. The summed E-state index contributed by atoms with van der Waals surface area (Å²) in [5.41, 5.74) is 7.35. The van der Waals surface area contributed by atoms with E-state index in [1.54, 1.807) is 24.3 Å². The van der Waals surface area contributed by atoms with Crippen molar-refractivity contribution < 1.29 is 9.53 Å². The number of hydrogen-bond donors (Lipinski definition) is 1. The molecule has 0 heterocycles. The van der Waals surface area contributed by atoms with E-state index in [1.807, 2.05) is 6.07 Å². The second-order valence-corrected chi connectivity index (χ2v) is 3.17. The molecule has 1 aromatic carbocycles. The SMILES string of the molecule is COC(=O)c1cccc(C=CCCl)c1N. The number of halogens is 1. The first-order chi connectivity index (χ1) is 7.20. The summed E-state index contributed by atoms with van der Waals surface area (Å²) >= 11 is 5.51. The summed E-state index contributed by atoms with van der Waals surface area (Å²) in [6.07, 6.45) is 3.53. The molecular formula is C11H12ClNO2. The van der Waals surface area contributed by atoms with E-state index in [4.69, 9.17) is 17.3 Å². The molecule has 2 N–H and O–H groups in total. The van der Waals surface area contributed by atoms with Gasteiger partial charge in [0.15, 0.2) is 0 Å². The van der Waals surface area contributed by atoms with Gasteiger partial charge in [-0.15, -0.1) is 11.6 Å². The van der Waals surface area contributed by atoms with Gasteiger partial charge >= 0.3 is 5.97 Å². The van der Waals surface area contributed by atoms with Gasteiger partial charge in [0.1, 0.15) is 0 Å². The minimum atomic E-state index is -0.436. The molecule has 0 atom stereocenters. The summed E-state index contributed by atoms with van der Waals surface area (Å²) in [5.74, 6) is -0.0318. The third-order valence-electron chi connectivity index (χ3n) is 1.93. The van der Waals surface area contributed by atoms with Crippen molar-refractivity contribution >= 4 is 29.3 Å². The maximum absolute atomic E-state index is 11.3. The van der Waals surface area contributed by atoms with Crippen LogP contribution >= 0.6 is 11.6 Å². The van der Waals surface area contributed by atoms with Crippen LogP contribution in [0, 0.1) is 0 Å². The lowest BCUT2D eigenvalue weighted by molar-refractivity contribution is 0.0602. The highest BCUT2D eigenvalue weighted by atomic mass is 35.5. The largest absolute Gasteiger partial charge is 0.465 e. The molecule has 3 nitrogen and oxygen atoms in total. The average Bonchev–Trinajstić information content (AvgIpc) is 2.27. The molecule has 0 aliphatic heterocycles. The molecule has 0 aliphatic carbocycles. The zero-order chi connectivity index (χ0) is 11.3. The lowest BCUT2D eigenvalue weighted by Gasteiger charge is -2.06. The van der Waals surface area contributed by atoms with Gasteiger partial charge in [0.25, 0.3) is 0 Å². The highest BCUT2D eigenvalue weighted by Crippen LogP contribution is 2.19. The van der Waals surface area contributed by atoms with E-state index in [0.717, 1.165) is 5.56 Å². The van der Waals surface area contributed by atoms with E-state index in [0.29, 0.717) is 17.1 Å². The van der Waals surface area contributed by atoms with E-state index in [1.165, 1.54) is 7.11 Å². The fourth-order valence-electron chi connectivity index (χ4n) is 1.19. The van der Waals surface area contributed by atoms with E-state index >= 15 is 0 Å². The normalized spacial score (nSPS) is 10.5. The van der Waals surface area contributed by atoms with Crippen LogP contribution in [-0.4, -0.2) is 19.0 Å². The summed E-state index contributed by atoms with van der Waals surface area (Å²) in [6, 6.07) is 5.18. The van der Waals surface area contributed by atoms with Crippen LogP contribution in [0.1, 0.15) is 15.9 Å². The van der Waals surface area contributed by atoms with E-state index < -0.39 is 5.97 Å². The van der Waals surface area contributed by atoms with Gasteiger partial charge < -0.3 is 10.5 Å². The average molecular weight is 226 g/mol. The number of rotatable bonds is 3. The van der Waals surface area contributed by atoms with Crippen molar-refractivity contribution in [3.8, 4) is 0 Å². The van der Waals surface area contributed by atoms with Crippen molar-refractivity contribution in [2.75, 3.05) is 18.7 Å². The van der Waals surface area contributed by atoms with E-state index in [9.17, 15) is 4.79 Å². The Bertz CT molecular complexity index is 388. The van der Waals surface area contributed by atoms with Crippen molar-refractivity contribution in [3.05, 3.63) is 35.4 Å². The van der Waals surface area contributed by atoms with Crippen LogP contribution in [-0.2, 0) is 4.74 Å². The van der Waals surface area contributed by atoms with Crippen molar-refractivity contribution in [3.63, 3.8) is 0 Å². The number of alkyl halides is 1. The number of nitrogens with two attached hydrogens (primary N) is 1. The van der Waals surface area contributed by atoms with Gasteiger partial charge in [-0.25, -0.2) is 4.79 Å². The number of nitrogen functional groups attached to an aromatic ring is 1. The van der Waals surface area contributed by atoms with Crippen LogP contribution in [0.2, 0.25) is 0 Å². The van der Waals surface area contributed by atoms with Crippen LogP contribution in [0.15, 0.2) is 24.3 Å². The smallest absolute Gasteiger partial charge is 0.339 e. The maximum atomic E-state index is 11.3. The molecule has 15 heavy (non-hydrogen) atoms. The van der Waals surface area contributed by atoms with Crippen molar-refractivity contribution in [2.24, 2.45) is 0 Å². The predicted molar refractivity (Wildman–Crippen MR) is 61.9 cm³/mol. The molecule has 0 aliphatic rings. The summed E-state index contributed by atoms with van der Waals surface area (Å²) in [4.78, 5) is 11.3. The summed E-state index contributed by atoms with van der Waals surface area (Å²) in [6.45, 7) is 0. The Balaban J connectivity index is 3.11. The Hall–Kier alpha value is -1.48. The number of methoxy groups -OCH3 is 1. The maximum Gasteiger partial charge on any atom is 0.339 e. The lowest BCUT2D eigenvalue weighted by atomic mass is 10.1. The predicted octanol–water partition coefficient (Wildman–Crippen LogP) is 2.31. The first-order valence-electron chi connectivity index (χ1n) is 4.40. The number of carbonyl (C=O) groups is 1. The van der Waals surface area contributed by atoms with Gasteiger partial charge in [0.05, 0.1) is 18.4 Å². The zero-order valence-electron chi connectivity index (χ0n) is 8.37. The van der Waals surface area contributed by atoms with Crippen molar-refractivity contribution in [1.82, 2.24) is 0 Å². The summed E-state index contributed by atoms with van der Waals surface area (Å²) in [7, 11) is 1.32. The third-order valence-corrected chi connectivity index (χ3v) is 2.11. The van der Waals surface area contributed by atoms with Gasteiger partial charge in [-0.05, 0) is 11.6 Å². The Labute approximate surface area is 93.5 Å². The molecule has 0 saturated heterocycles. The molecule has 0 aromatic heterocycles. The molecule has 80 valence electrons. The molecule has 1 rings (SSSR count). The molecule has 0 spiro atoms. The monoisotopic (exact) mass is 225 g/mol. The number of hydrogen-bond acceptors (Lipinski definition) is 3. The molecule has 0 radical (unpaired) electrons. The first-order valence-corrected chi connectivity index (χ1v) is 4.93. The van der Waals surface area contributed by atoms with Crippen LogP contribution in [0.4, 0.5) is 5.69 Å². The molecular weight excluding hydrogens is 214 g/mol. The van der Waals surface area contributed by atoms with E-state index in [2.05, 4.69) is 4.74 Å². The van der Waals surface area contributed by atoms with Crippen LogP contribution < -0.4 is 5.73 Å². The van der Waals surface area contributed by atoms with Gasteiger partial charge in [-0.1, -0.05) is 24.3 Å². The standard InChI is InChI=1S/C11H12ClNO2/c1-15-11(14)9-6-2-4-8(10(9)13)5-3-7-12/h2-6H,7,13H2,1H3. The van der Waals surface area contributed by atoms with Crippen LogP contribution in [0.25, 0.3) is 6.08 Å². The van der Waals surface area contributed by atoms with Crippen LogP contribution in [0.5, 0.6) is 0 Å². The van der Waals surface area contributed by atoms with Gasteiger partial charge in [-0.3, -0.25) is 0 Å². The molecule has 0 bridgehead atoms. The Morgan fingerprint density at radius 3 is 2.93 bits per heavy atom. The van der Waals surface area contributed by atoms with Gasteiger partial charge in [0.2, 0.25) is 0 Å². The quantitative estimate of drug-likeness (QED) is 0.488. The zero-order valence-corrected chi connectivity index (χ0v) is 9.12. The summed E-state index contributed by atoms with van der Waals surface area (Å²) in [5, 5.41) is 0. The highest BCUT2D eigenvalue weighted by Gasteiger charge is 2.10. The molecule has 0 fully saturated rings. The first kappa shape index (κ1) is 11.6.